The molecule has 2 amide bonds. The third kappa shape index (κ3) is 5.24. The van der Waals surface area contributed by atoms with E-state index in [1.807, 2.05) is 12.1 Å². The van der Waals surface area contributed by atoms with E-state index in [-0.39, 0.29) is 24.1 Å². The Bertz CT molecular complexity index is 790. The molecule has 0 aliphatic rings. The maximum atomic E-state index is 12.5. The minimum absolute atomic E-state index is 0.0659. The van der Waals surface area contributed by atoms with Crippen LogP contribution in [0.25, 0.3) is 0 Å². The molecule has 0 saturated heterocycles. The Morgan fingerprint density at radius 1 is 1.04 bits per heavy atom. The number of Topliss-reactive ketones (excluding diaryl/α,β-unsaturated/α-hetero) is 1. The van der Waals surface area contributed by atoms with Crippen molar-refractivity contribution in [2.24, 2.45) is 0 Å². The summed E-state index contributed by atoms with van der Waals surface area (Å²) in [5.74, 6) is -0.500. The van der Waals surface area contributed by atoms with Crippen LogP contribution < -0.4 is 4.90 Å². The summed E-state index contributed by atoms with van der Waals surface area (Å²) in [6, 6.07) is 10.6. The largest absolute Gasteiger partial charge is 0.344 e. The van der Waals surface area contributed by atoms with Crippen molar-refractivity contribution >= 4 is 23.3 Å². The highest BCUT2D eigenvalue weighted by Crippen LogP contribution is 2.17. The van der Waals surface area contributed by atoms with Crippen molar-refractivity contribution in [3.05, 3.63) is 59.9 Å². The molecule has 136 valence electrons. The number of rotatable bonds is 7. The number of nitrogens with zero attached hydrogens (tertiary/aromatic N) is 3. The van der Waals surface area contributed by atoms with E-state index in [0.717, 1.165) is 5.56 Å². The van der Waals surface area contributed by atoms with Crippen LogP contribution in [0.4, 0.5) is 5.69 Å². The van der Waals surface area contributed by atoms with Gasteiger partial charge in [-0.3, -0.25) is 19.4 Å². The van der Waals surface area contributed by atoms with Crippen LogP contribution in [-0.2, 0) is 16.0 Å². The van der Waals surface area contributed by atoms with Crippen LogP contribution in [0.15, 0.2) is 48.8 Å². The van der Waals surface area contributed by atoms with Crippen molar-refractivity contribution < 1.29 is 14.4 Å². The number of benzene rings is 1. The van der Waals surface area contributed by atoms with Crippen molar-refractivity contribution in [3.8, 4) is 0 Å². The average molecular weight is 353 g/mol. The number of hydrogen-bond acceptors (Lipinski definition) is 4. The molecule has 0 aliphatic carbocycles. The highest BCUT2D eigenvalue weighted by atomic mass is 16.2. The van der Waals surface area contributed by atoms with Crippen molar-refractivity contribution in [1.82, 2.24) is 9.88 Å². The van der Waals surface area contributed by atoms with Gasteiger partial charge in [0.2, 0.25) is 11.8 Å². The highest BCUT2D eigenvalue weighted by Gasteiger charge is 2.19. The van der Waals surface area contributed by atoms with Gasteiger partial charge in [0.05, 0.1) is 0 Å². The van der Waals surface area contributed by atoms with Gasteiger partial charge in [-0.25, -0.2) is 0 Å². The molecule has 6 heteroatoms. The molecule has 0 N–H and O–H groups in total. The molecule has 26 heavy (non-hydrogen) atoms. The van der Waals surface area contributed by atoms with Gasteiger partial charge in [-0.05, 0) is 43.2 Å². The molecule has 2 aromatic rings. The summed E-state index contributed by atoms with van der Waals surface area (Å²) in [7, 11) is 1.72. The van der Waals surface area contributed by atoms with Gasteiger partial charge in [-0.15, -0.1) is 0 Å². The van der Waals surface area contributed by atoms with Crippen LogP contribution in [0.1, 0.15) is 29.8 Å². The van der Waals surface area contributed by atoms with Crippen LogP contribution >= 0.6 is 0 Å². The van der Waals surface area contributed by atoms with E-state index in [1.54, 1.807) is 48.6 Å². The number of carbonyl (C=O) groups excluding carboxylic acids is 3. The average Bonchev–Trinajstić information content (AvgIpc) is 2.64. The summed E-state index contributed by atoms with van der Waals surface area (Å²) in [5, 5.41) is 0. The molecule has 0 radical (unpaired) electrons. The van der Waals surface area contributed by atoms with Crippen molar-refractivity contribution in [2.45, 2.75) is 20.3 Å². The van der Waals surface area contributed by atoms with Crippen LogP contribution in [0.5, 0.6) is 0 Å². The lowest BCUT2D eigenvalue weighted by molar-refractivity contribution is -0.130. The second-order valence-electron chi connectivity index (χ2n) is 6.13. The van der Waals surface area contributed by atoms with E-state index in [1.165, 1.54) is 18.7 Å². The highest BCUT2D eigenvalue weighted by molar-refractivity contribution is 6.00. The Morgan fingerprint density at radius 2 is 1.73 bits per heavy atom. The Balaban J connectivity index is 2.04. The number of hydrogen-bond donors (Lipinski definition) is 0. The molecule has 6 nitrogen and oxygen atoms in total. The third-order valence-electron chi connectivity index (χ3n) is 4.15. The number of anilines is 1. The summed E-state index contributed by atoms with van der Waals surface area (Å²) in [6.07, 6.45) is 4.15. The zero-order valence-electron chi connectivity index (χ0n) is 15.3. The molecule has 1 aromatic carbocycles. The topological polar surface area (TPSA) is 70.6 Å². The monoisotopic (exact) mass is 353 g/mol. The smallest absolute Gasteiger partial charge is 0.242 e. The molecule has 0 aliphatic heterocycles. The lowest BCUT2D eigenvalue weighted by Gasteiger charge is -2.25. The Kier molecular flexibility index (Phi) is 6.60. The standard InChI is InChI=1S/C20H23N3O3/c1-15(24)18-5-4-6-19(13-18)23(16(2)25)14-20(26)22(3)12-9-17-7-10-21-11-8-17/h4-8,10-11,13H,9,12,14H2,1-3H3. The first-order valence-corrected chi connectivity index (χ1v) is 8.40. The summed E-state index contributed by atoms with van der Waals surface area (Å²) in [5.41, 5.74) is 2.14. The molecule has 2 rings (SSSR count). The van der Waals surface area contributed by atoms with Crippen LogP contribution in [0.3, 0.4) is 0 Å². The molecule has 0 unspecified atom stereocenters. The zero-order chi connectivity index (χ0) is 19.1. The third-order valence-corrected chi connectivity index (χ3v) is 4.15. The summed E-state index contributed by atoms with van der Waals surface area (Å²) >= 11 is 0. The van der Waals surface area contributed by atoms with Gasteiger partial charge in [-0.1, -0.05) is 12.1 Å². The normalized spacial score (nSPS) is 10.3. The molecule has 0 fully saturated rings. The SMILES string of the molecule is CC(=O)c1cccc(N(CC(=O)N(C)CCc2ccncc2)C(C)=O)c1. The predicted molar refractivity (Wildman–Crippen MR) is 100 cm³/mol. The van der Waals surface area contributed by atoms with Crippen LogP contribution in [-0.4, -0.2) is 47.6 Å². The number of amides is 2. The summed E-state index contributed by atoms with van der Waals surface area (Å²) in [6.45, 7) is 3.35. The number of ketones is 1. The quantitative estimate of drug-likeness (QED) is 0.717. The number of pyridine rings is 1. The lowest BCUT2D eigenvalue weighted by Crippen LogP contribution is -2.41. The number of carbonyl (C=O) groups is 3. The van der Waals surface area contributed by atoms with E-state index >= 15 is 0 Å². The minimum Gasteiger partial charge on any atom is -0.344 e. The molecule has 0 bridgehead atoms. The first kappa shape index (κ1) is 19.3. The van der Waals surface area contributed by atoms with Crippen LogP contribution in [0, 0.1) is 0 Å². The molecule has 0 saturated carbocycles. The van der Waals surface area contributed by atoms with E-state index < -0.39 is 0 Å². The van der Waals surface area contributed by atoms with Gasteiger partial charge < -0.3 is 9.80 Å². The first-order valence-electron chi connectivity index (χ1n) is 8.40. The van der Waals surface area contributed by atoms with E-state index in [2.05, 4.69) is 4.98 Å². The van der Waals surface area contributed by atoms with Crippen LogP contribution in [0.2, 0.25) is 0 Å². The minimum atomic E-state index is -0.249. The second kappa shape index (κ2) is 8.89. The maximum absolute atomic E-state index is 12.5. The second-order valence-corrected chi connectivity index (χ2v) is 6.13. The van der Waals surface area contributed by atoms with Crippen molar-refractivity contribution in [1.29, 1.82) is 0 Å². The first-order chi connectivity index (χ1) is 12.4. The molecule has 1 aromatic heterocycles. The maximum Gasteiger partial charge on any atom is 0.242 e. The van der Waals surface area contributed by atoms with E-state index in [4.69, 9.17) is 0 Å². The van der Waals surface area contributed by atoms with Gasteiger partial charge in [0.25, 0.3) is 0 Å². The molecular weight excluding hydrogens is 330 g/mol. The number of aromatic nitrogens is 1. The van der Waals surface area contributed by atoms with E-state index in [9.17, 15) is 14.4 Å². The molecule has 0 spiro atoms. The molecular formula is C20H23N3O3. The van der Waals surface area contributed by atoms with Gasteiger partial charge in [0.1, 0.15) is 6.54 Å². The molecule has 1 heterocycles. The fourth-order valence-corrected chi connectivity index (χ4v) is 2.50. The summed E-state index contributed by atoms with van der Waals surface area (Å²) in [4.78, 5) is 43.1. The molecule has 0 atom stereocenters. The fourth-order valence-electron chi connectivity index (χ4n) is 2.50. The Labute approximate surface area is 153 Å². The predicted octanol–water partition coefficient (Wildman–Crippen LogP) is 2.34. The Morgan fingerprint density at radius 3 is 2.35 bits per heavy atom. The zero-order valence-corrected chi connectivity index (χ0v) is 15.3. The van der Waals surface area contributed by atoms with Gasteiger partial charge in [0.15, 0.2) is 5.78 Å². The van der Waals surface area contributed by atoms with Gasteiger partial charge in [0, 0.05) is 44.2 Å². The Hall–Kier alpha value is -3.02. The number of likely N-dealkylation sites (N-methyl/N-ethyl adjacent to an activating group) is 1. The van der Waals surface area contributed by atoms with Gasteiger partial charge >= 0.3 is 0 Å². The lowest BCUT2D eigenvalue weighted by atomic mass is 10.1. The fraction of sp³-hybridized carbons (Fsp3) is 0.300. The van der Waals surface area contributed by atoms with Crippen molar-refractivity contribution in [3.63, 3.8) is 0 Å². The van der Waals surface area contributed by atoms with E-state index in [0.29, 0.717) is 24.2 Å². The summed E-state index contributed by atoms with van der Waals surface area (Å²) < 4.78 is 0. The van der Waals surface area contributed by atoms with Gasteiger partial charge in [-0.2, -0.15) is 0 Å². The van der Waals surface area contributed by atoms with Crippen molar-refractivity contribution in [2.75, 3.05) is 25.0 Å².